The molecule has 0 aliphatic carbocycles. The van der Waals surface area contributed by atoms with Crippen molar-refractivity contribution in [2.75, 3.05) is 44.3 Å². The number of hydrogen-bond donors (Lipinski definition) is 3. The van der Waals surface area contributed by atoms with Crippen molar-refractivity contribution in [1.82, 2.24) is 29.7 Å². The van der Waals surface area contributed by atoms with Gasteiger partial charge in [-0.1, -0.05) is 46.8 Å². The number of ether oxygens (including phenoxy) is 3. The van der Waals surface area contributed by atoms with Gasteiger partial charge in [0.2, 0.25) is 0 Å². The summed E-state index contributed by atoms with van der Waals surface area (Å²) in [6.07, 6.45) is 1.71. The first kappa shape index (κ1) is 31.6. The molecule has 42 heavy (non-hydrogen) atoms. The van der Waals surface area contributed by atoms with Crippen molar-refractivity contribution in [3.63, 3.8) is 0 Å². The Kier molecular flexibility index (Phi) is 9.71. The number of hydrogen-bond acceptors (Lipinski definition) is 9. The van der Waals surface area contributed by atoms with Gasteiger partial charge >= 0.3 is 6.03 Å². The maximum Gasteiger partial charge on any atom is 0.319 e. The molecule has 1 aliphatic heterocycles. The third kappa shape index (κ3) is 7.74. The number of rotatable bonds is 11. The smallest absolute Gasteiger partial charge is 0.319 e. The number of benzene rings is 1. The second kappa shape index (κ2) is 12.9. The number of amides is 2. The molecule has 230 valence electrons. The van der Waals surface area contributed by atoms with Gasteiger partial charge in [0.1, 0.15) is 24.1 Å². The highest BCUT2D eigenvalue weighted by Gasteiger charge is 2.47. The highest BCUT2D eigenvalue weighted by molar-refractivity contribution is 5.89. The molecular weight excluding hydrogens is 536 g/mol. The minimum absolute atomic E-state index is 0.0566. The number of nitrogens with zero attached hydrogens (tertiary/aromatic N) is 5. The Bertz CT molecular complexity index is 1340. The molecule has 1 fully saturated rings. The normalized spacial score (nSPS) is 19.5. The Morgan fingerprint density at radius 1 is 1.14 bits per heavy atom. The van der Waals surface area contributed by atoms with Gasteiger partial charge in [-0.2, -0.15) is 0 Å². The van der Waals surface area contributed by atoms with Crippen molar-refractivity contribution in [1.29, 1.82) is 0 Å². The predicted molar refractivity (Wildman–Crippen MR) is 163 cm³/mol. The SMILES string of the molecule is CO[C@H](CN(CCNC(=O)Nc1ccc(C(C)(C)C)cc1)CC(C)C)[C@H]1OC(C)(C)O[C@H]1n1cnc2c(N)ncnc21. The van der Waals surface area contributed by atoms with Gasteiger partial charge < -0.3 is 30.6 Å². The quantitative estimate of drug-likeness (QED) is 0.304. The van der Waals surface area contributed by atoms with Crippen LogP contribution in [0.4, 0.5) is 16.3 Å². The summed E-state index contributed by atoms with van der Waals surface area (Å²) in [7, 11) is 1.67. The number of carbonyl (C=O) groups is 1. The first-order valence-electron chi connectivity index (χ1n) is 14.5. The Labute approximate surface area is 248 Å². The van der Waals surface area contributed by atoms with Crippen LogP contribution in [0.25, 0.3) is 11.2 Å². The molecule has 4 N–H and O–H groups in total. The largest absolute Gasteiger partial charge is 0.382 e. The Hall–Kier alpha value is -3.32. The van der Waals surface area contributed by atoms with E-state index in [9.17, 15) is 4.79 Å². The fourth-order valence-electron chi connectivity index (χ4n) is 5.20. The second-order valence-corrected chi connectivity index (χ2v) is 12.7. The van der Waals surface area contributed by atoms with E-state index < -0.39 is 18.1 Å². The van der Waals surface area contributed by atoms with Gasteiger partial charge in [-0.25, -0.2) is 19.7 Å². The van der Waals surface area contributed by atoms with Crippen LogP contribution in [0.5, 0.6) is 0 Å². The monoisotopic (exact) mass is 582 g/mol. The number of imidazole rings is 1. The summed E-state index contributed by atoms with van der Waals surface area (Å²) >= 11 is 0. The number of carbonyl (C=O) groups excluding carboxylic acids is 1. The average molecular weight is 583 g/mol. The van der Waals surface area contributed by atoms with E-state index in [4.69, 9.17) is 19.9 Å². The van der Waals surface area contributed by atoms with Crippen molar-refractivity contribution >= 4 is 28.7 Å². The molecule has 0 radical (unpaired) electrons. The molecule has 3 aromatic rings. The fraction of sp³-hybridized carbons (Fsp3) is 0.600. The second-order valence-electron chi connectivity index (χ2n) is 12.7. The van der Waals surface area contributed by atoms with Crippen LogP contribution >= 0.6 is 0 Å². The molecule has 3 heterocycles. The molecule has 3 atom stereocenters. The van der Waals surface area contributed by atoms with Gasteiger partial charge in [0.15, 0.2) is 23.5 Å². The van der Waals surface area contributed by atoms with Crippen LogP contribution in [0, 0.1) is 5.92 Å². The van der Waals surface area contributed by atoms with Crippen LogP contribution in [-0.2, 0) is 19.6 Å². The lowest BCUT2D eigenvalue weighted by atomic mass is 9.87. The van der Waals surface area contributed by atoms with E-state index in [0.717, 1.165) is 12.2 Å². The topological polar surface area (TPSA) is 142 Å². The number of fused-ring (bicyclic) bond motifs is 1. The van der Waals surface area contributed by atoms with E-state index in [2.05, 4.69) is 65.1 Å². The highest BCUT2D eigenvalue weighted by Crippen LogP contribution is 2.39. The number of methoxy groups -OCH3 is 1. The Morgan fingerprint density at radius 2 is 1.86 bits per heavy atom. The third-order valence-corrected chi connectivity index (χ3v) is 7.22. The van der Waals surface area contributed by atoms with E-state index in [0.29, 0.717) is 42.5 Å². The van der Waals surface area contributed by atoms with Gasteiger partial charge in [0.05, 0.1) is 6.33 Å². The van der Waals surface area contributed by atoms with Gasteiger partial charge in [-0.3, -0.25) is 9.47 Å². The van der Waals surface area contributed by atoms with Crippen LogP contribution in [0.15, 0.2) is 36.9 Å². The average Bonchev–Trinajstić information content (AvgIpc) is 3.47. The minimum Gasteiger partial charge on any atom is -0.382 e. The lowest BCUT2D eigenvalue weighted by Gasteiger charge is -2.32. The molecule has 0 spiro atoms. The zero-order valence-electron chi connectivity index (χ0n) is 26.0. The Balaban J connectivity index is 1.41. The molecule has 0 bridgehead atoms. The lowest BCUT2D eigenvalue weighted by molar-refractivity contribution is -0.161. The fourth-order valence-corrected chi connectivity index (χ4v) is 5.20. The van der Waals surface area contributed by atoms with Crippen molar-refractivity contribution < 1.29 is 19.0 Å². The molecule has 0 saturated carbocycles. The number of nitrogens with two attached hydrogens (primary N) is 1. The van der Waals surface area contributed by atoms with Crippen molar-refractivity contribution in [2.45, 2.75) is 78.1 Å². The maximum absolute atomic E-state index is 12.6. The summed E-state index contributed by atoms with van der Waals surface area (Å²) in [5.74, 6) is -0.143. The molecule has 1 aliphatic rings. The maximum atomic E-state index is 12.6. The third-order valence-electron chi connectivity index (χ3n) is 7.22. The van der Waals surface area contributed by atoms with Crippen LogP contribution in [-0.4, -0.2) is 81.7 Å². The molecule has 2 amide bonds. The predicted octanol–water partition coefficient (Wildman–Crippen LogP) is 4.15. The summed E-state index contributed by atoms with van der Waals surface area (Å²) in [5, 5.41) is 5.91. The van der Waals surface area contributed by atoms with Crippen molar-refractivity contribution in [3.8, 4) is 0 Å². The molecule has 4 rings (SSSR count). The van der Waals surface area contributed by atoms with E-state index in [1.54, 1.807) is 13.4 Å². The number of nitrogen functional groups attached to an aromatic ring is 1. The molecule has 0 unspecified atom stereocenters. The first-order valence-corrected chi connectivity index (χ1v) is 14.5. The van der Waals surface area contributed by atoms with E-state index in [1.807, 2.05) is 42.7 Å². The number of anilines is 2. The van der Waals surface area contributed by atoms with Crippen LogP contribution in [0.3, 0.4) is 0 Å². The zero-order valence-corrected chi connectivity index (χ0v) is 26.0. The van der Waals surface area contributed by atoms with Crippen LogP contribution in [0.2, 0.25) is 0 Å². The molecule has 12 nitrogen and oxygen atoms in total. The van der Waals surface area contributed by atoms with Crippen molar-refractivity contribution in [3.05, 3.63) is 42.5 Å². The van der Waals surface area contributed by atoms with Crippen LogP contribution < -0.4 is 16.4 Å². The summed E-state index contributed by atoms with van der Waals surface area (Å²) in [6.45, 7) is 17.1. The van der Waals surface area contributed by atoms with Gasteiger partial charge in [0, 0.05) is 39.0 Å². The molecule has 2 aromatic heterocycles. The molecule has 12 heteroatoms. The first-order chi connectivity index (χ1) is 19.8. The minimum atomic E-state index is -0.852. The molecule has 1 saturated heterocycles. The van der Waals surface area contributed by atoms with Gasteiger partial charge in [-0.15, -0.1) is 0 Å². The summed E-state index contributed by atoms with van der Waals surface area (Å²) in [5.41, 5.74) is 9.12. The van der Waals surface area contributed by atoms with E-state index in [1.165, 1.54) is 11.9 Å². The van der Waals surface area contributed by atoms with E-state index >= 15 is 0 Å². The number of urea groups is 1. The lowest BCUT2D eigenvalue weighted by Crippen LogP contribution is -2.47. The zero-order chi connectivity index (χ0) is 30.7. The summed E-state index contributed by atoms with van der Waals surface area (Å²) in [4.78, 5) is 27.8. The summed E-state index contributed by atoms with van der Waals surface area (Å²) < 4.78 is 20.5. The highest BCUT2D eigenvalue weighted by atomic mass is 16.8. The Morgan fingerprint density at radius 3 is 2.50 bits per heavy atom. The van der Waals surface area contributed by atoms with Gasteiger partial charge in [0.25, 0.3) is 0 Å². The molecule has 1 aromatic carbocycles. The summed E-state index contributed by atoms with van der Waals surface area (Å²) in [6, 6.07) is 7.71. The number of nitrogens with one attached hydrogen (secondary N) is 2. The molecular formula is C30H46N8O4. The standard InChI is InChI=1S/C30H46N8O4/c1-19(2)15-37(14-13-32-28(39)36-21-11-9-20(10-12-21)29(3,4)5)16-22(40-8)24-27(42-30(6,7)41-24)38-18-35-23-25(31)33-17-34-26(23)38/h9-12,17-19,22,24,27H,13-16H2,1-8H3,(H2,31,33,34)(H2,32,36,39)/t22-,24-,27-/m1/s1. The number of aromatic nitrogens is 4. The van der Waals surface area contributed by atoms with Crippen molar-refractivity contribution in [2.24, 2.45) is 5.92 Å². The van der Waals surface area contributed by atoms with Gasteiger partial charge in [-0.05, 0) is 42.9 Å². The van der Waals surface area contributed by atoms with Crippen LogP contribution in [0.1, 0.15) is 60.3 Å². The van der Waals surface area contributed by atoms with E-state index in [-0.39, 0.29) is 17.6 Å².